The number of hydrogen-bond donors (Lipinski definition) is 2. The van der Waals surface area contributed by atoms with E-state index in [4.69, 9.17) is 0 Å². The average molecular weight is 284 g/mol. The summed E-state index contributed by atoms with van der Waals surface area (Å²) in [4.78, 5) is 2.46. The molecule has 0 aromatic heterocycles. The summed E-state index contributed by atoms with van der Waals surface area (Å²) < 4.78 is 0. The number of nitrogens with one attached hydrogen (secondary N) is 1. The lowest BCUT2D eigenvalue weighted by atomic mass is 9.70. The third-order valence-corrected chi connectivity index (χ3v) is 4.88. The summed E-state index contributed by atoms with van der Waals surface area (Å²) in [5.74, 6) is 0.882. The Morgan fingerprint density at radius 3 is 2.25 bits per heavy atom. The van der Waals surface area contributed by atoms with Gasteiger partial charge in [0.25, 0.3) is 0 Å². The summed E-state index contributed by atoms with van der Waals surface area (Å²) in [5.41, 5.74) is 0.399. The van der Waals surface area contributed by atoms with Crippen LogP contribution >= 0.6 is 0 Å². The lowest BCUT2D eigenvalue weighted by Crippen LogP contribution is -2.49. The minimum absolute atomic E-state index is 0.266. The Bertz CT molecular complexity index is 258. The first-order valence-electron chi connectivity index (χ1n) is 8.47. The molecule has 2 N–H and O–H groups in total. The second-order valence-electron chi connectivity index (χ2n) is 7.51. The maximum atomic E-state index is 9.30. The Kier molecular flexibility index (Phi) is 7.49. The molecule has 0 amide bonds. The van der Waals surface area contributed by atoms with E-state index in [0.29, 0.717) is 17.5 Å². The first-order valence-corrected chi connectivity index (χ1v) is 8.47. The molecule has 0 aromatic carbocycles. The summed E-state index contributed by atoms with van der Waals surface area (Å²) in [6, 6.07) is 1.06. The van der Waals surface area contributed by atoms with Gasteiger partial charge in [-0.15, -0.1) is 0 Å². The van der Waals surface area contributed by atoms with Gasteiger partial charge in [-0.2, -0.15) is 0 Å². The molecule has 0 spiro atoms. The highest BCUT2D eigenvalue weighted by Crippen LogP contribution is 2.39. The van der Waals surface area contributed by atoms with E-state index in [1.54, 1.807) is 0 Å². The van der Waals surface area contributed by atoms with Crippen molar-refractivity contribution in [3.8, 4) is 0 Å². The van der Waals surface area contributed by atoms with Gasteiger partial charge in [-0.3, -0.25) is 4.90 Å². The van der Waals surface area contributed by atoms with E-state index < -0.39 is 0 Å². The first kappa shape index (κ1) is 17.9. The summed E-state index contributed by atoms with van der Waals surface area (Å²) >= 11 is 0. The van der Waals surface area contributed by atoms with Crippen molar-refractivity contribution in [1.82, 2.24) is 10.2 Å². The second-order valence-corrected chi connectivity index (χ2v) is 7.51. The fraction of sp³-hybridized carbons (Fsp3) is 1.00. The monoisotopic (exact) mass is 284 g/mol. The number of nitrogens with zero attached hydrogens (tertiary/aromatic N) is 1. The van der Waals surface area contributed by atoms with Crippen LogP contribution in [0.25, 0.3) is 0 Å². The lowest BCUT2D eigenvalue weighted by molar-refractivity contribution is 0.0582. The summed E-state index contributed by atoms with van der Waals surface area (Å²) in [5, 5.41) is 13.0. The molecule has 1 fully saturated rings. The number of aliphatic hydroxyl groups excluding tert-OH is 1. The van der Waals surface area contributed by atoms with Crippen LogP contribution in [-0.4, -0.2) is 48.3 Å². The van der Waals surface area contributed by atoms with Crippen LogP contribution in [0.1, 0.15) is 60.3 Å². The Morgan fingerprint density at radius 1 is 1.20 bits per heavy atom. The molecule has 3 heteroatoms. The molecular weight excluding hydrogens is 248 g/mol. The van der Waals surface area contributed by atoms with Crippen molar-refractivity contribution in [3.63, 3.8) is 0 Å². The first-order chi connectivity index (χ1) is 9.38. The predicted molar refractivity (Wildman–Crippen MR) is 87.0 cm³/mol. The molecular formula is C17H36N2O. The molecule has 0 unspecified atom stereocenters. The minimum Gasteiger partial charge on any atom is -0.395 e. The van der Waals surface area contributed by atoms with Gasteiger partial charge in [-0.1, -0.05) is 33.6 Å². The molecule has 1 aliphatic rings. The summed E-state index contributed by atoms with van der Waals surface area (Å²) in [7, 11) is 0. The zero-order chi connectivity index (χ0) is 15.2. The smallest absolute Gasteiger partial charge is 0.0558 e. The summed E-state index contributed by atoms with van der Waals surface area (Å²) in [6.45, 7) is 14.6. The van der Waals surface area contributed by atoms with Crippen molar-refractivity contribution < 1.29 is 5.11 Å². The van der Waals surface area contributed by atoms with Crippen LogP contribution < -0.4 is 5.32 Å². The van der Waals surface area contributed by atoms with Gasteiger partial charge < -0.3 is 10.4 Å². The molecule has 0 aliphatic heterocycles. The van der Waals surface area contributed by atoms with E-state index in [1.807, 2.05) is 0 Å². The van der Waals surface area contributed by atoms with Crippen LogP contribution in [0.2, 0.25) is 0 Å². The van der Waals surface area contributed by atoms with Gasteiger partial charge in [0.2, 0.25) is 0 Å². The largest absolute Gasteiger partial charge is 0.395 e. The summed E-state index contributed by atoms with van der Waals surface area (Å²) in [6.07, 6.45) is 5.35. The Hall–Kier alpha value is -0.120. The highest BCUT2D eigenvalue weighted by atomic mass is 16.3. The molecule has 0 heterocycles. The van der Waals surface area contributed by atoms with Crippen LogP contribution in [0, 0.1) is 11.3 Å². The molecule has 1 saturated carbocycles. The van der Waals surface area contributed by atoms with Gasteiger partial charge in [-0.05, 0) is 38.0 Å². The predicted octanol–water partition coefficient (Wildman–Crippen LogP) is 2.88. The van der Waals surface area contributed by atoms with Crippen molar-refractivity contribution in [2.24, 2.45) is 11.3 Å². The van der Waals surface area contributed by atoms with E-state index >= 15 is 0 Å². The number of rotatable bonds is 8. The zero-order valence-electron chi connectivity index (χ0n) is 14.3. The van der Waals surface area contributed by atoms with E-state index in [1.165, 1.54) is 25.7 Å². The van der Waals surface area contributed by atoms with Crippen molar-refractivity contribution in [2.45, 2.75) is 72.4 Å². The zero-order valence-corrected chi connectivity index (χ0v) is 14.3. The van der Waals surface area contributed by atoms with Crippen LogP contribution in [-0.2, 0) is 0 Å². The fourth-order valence-electron chi connectivity index (χ4n) is 3.27. The van der Waals surface area contributed by atoms with Crippen LogP contribution in [0.15, 0.2) is 0 Å². The van der Waals surface area contributed by atoms with Gasteiger partial charge in [0.05, 0.1) is 6.61 Å². The highest BCUT2D eigenvalue weighted by molar-refractivity contribution is 4.90. The minimum atomic E-state index is 0.266. The van der Waals surface area contributed by atoms with Crippen molar-refractivity contribution >= 4 is 0 Å². The molecule has 0 aromatic rings. The topological polar surface area (TPSA) is 35.5 Å². The molecule has 120 valence electrons. The Morgan fingerprint density at radius 2 is 1.80 bits per heavy atom. The number of hydrogen-bond acceptors (Lipinski definition) is 3. The molecule has 0 atom stereocenters. The van der Waals surface area contributed by atoms with Crippen LogP contribution in [0.3, 0.4) is 0 Å². The van der Waals surface area contributed by atoms with E-state index in [9.17, 15) is 5.11 Å². The maximum absolute atomic E-state index is 9.30. The third kappa shape index (κ3) is 5.71. The number of aliphatic hydroxyl groups is 1. The fourth-order valence-corrected chi connectivity index (χ4v) is 3.27. The maximum Gasteiger partial charge on any atom is 0.0558 e. The van der Waals surface area contributed by atoms with E-state index in [-0.39, 0.29) is 6.61 Å². The molecule has 20 heavy (non-hydrogen) atoms. The van der Waals surface area contributed by atoms with Crippen molar-refractivity contribution in [2.75, 3.05) is 26.2 Å². The van der Waals surface area contributed by atoms with Gasteiger partial charge in [0.15, 0.2) is 0 Å². The molecule has 0 bridgehead atoms. The quantitative estimate of drug-likeness (QED) is 0.719. The Labute approximate surface area is 126 Å². The molecule has 1 aliphatic carbocycles. The highest BCUT2D eigenvalue weighted by Gasteiger charge is 2.36. The standard InChI is InChI=1S/C17H36N2O/c1-14(2)18-12-17(8-6-16(5)7-9-17)13-19(10-11-20)15(3)4/h14-16,18,20H,6-13H2,1-5H3. The normalized spacial score (nSPS) is 27.8. The van der Waals surface area contributed by atoms with Gasteiger partial charge in [-0.25, -0.2) is 0 Å². The van der Waals surface area contributed by atoms with Gasteiger partial charge >= 0.3 is 0 Å². The van der Waals surface area contributed by atoms with Crippen LogP contribution in [0.4, 0.5) is 0 Å². The van der Waals surface area contributed by atoms with Crippen molar-refractivity contribution in [1.29, 1.82) is 0 Å². The molecule has 1 rings (SSSR count). The molecule has 3 nitrogen and oxygen atoms in total. The molecule has 0 radical (unpaired) electrons. The lowest BCUT2D eigenvalue weighted by Gasteiger charge is -2.44. The van der Waals surface area contributed by atoms with E-state index in [2.05, 4.69) is 44.8 Å². The van der Waals surface area contributed by atoms with Gasteiger partial charge in [0, 0.05) is 31.7 Å². The van der Waals surface area contributed by atoms with Crippen molar-refractivity contribution in [3.05, 3.63) is 0 Å². The SMILES string of the molecule is CC1CCC(CNC(C)C)(CN(CCO)C(C)C)CC1. The van der Waals surface area contributed by atoms with Crippen LogP contribution in [0.5, 0.6) is 0 Å². The molecule has 0 saturated heterocycles. The average Bonchev–Trinajstić information content (AvgIpc) is 2.39. The van der Waals surface area contributed by atoms with Gasteiger partial charge in [0.1, 0.15) is 0 Å². The third-order valence-electron chi connectivity index (χ3n) is 4.88. The van der Waals surface area contributed by atoms with E-state index in [0.717, 1.165) is 25.6 Å². The second kappa shape index (κ2) is 8.35. The Balaban J connectivity index is 2.70.